The molecule has 1 amide bonds. The van der Waals surface area contributed by atoms with Crippen LogP contribution in [0.4, 0.5) is 19.0 Å². The van der Waals surface area contributed by atoms with Crippen molar-refractivity contribution in [1.29, 1.82) is 5.26 Å². The second-order valence-corrected chi connectivity index (χ2v) is 7.17. The highest BCUT2D eigenvalue weighted by molar-refractivity contribution is 5.80. The van der Waals surface area contributed by atoms with Crippen LogP contribution in [0.3, 0.4) is 0 Å². The second-order valence-electron chi connectivity index (χ2n) is 7.17. The Bertz CT molecular complexity index is 989. The van der Waals surface area contributed by atoms with Gasteiger partial charge in [-0.15, -0.1) is 0 Å². The molecule has 0 bridgehead atoms. The van der Waals surface area contributed by atoms with Crippen LogP contribution in [-0.4, -0.2) is 51.8 Å². The molecular formula is C21H24F3N5O4. The Kier molecular flexibility index (Phi) is 10.1. The number of carboxylic acid groups (broad SMARTS) is 1. The molecule has 0 radical (unpaired) electrons. The largest absolute Gasteiger partial charge is 0.497 e. The number of carboxylic acids is 1. The molecule has 0 atom stereocenters. The molecule has 0 fully saturated rings. The highest BCUT2D eigenvalue weighted by Gasteiger charge is 2.38. The van der Waals surface area contributed by atoms with E-state index in [-0.39, 0.29) is 24.1 Å². The lowest BCUT2D eigenvalue weighted by molar-refractivity contribution is -0.192. The number of methoxy groups -OCH3 is 1. The summed E-state index contributed by atoms with van der Waals surface area (Å²) in [6.07, 6.45) is -3.27. The molecule has 178 valence electrons. The van der Waals surface area contributed by atoms with Gasteiger partial charge in [0.2, 0.25) is 11.7 Å². The average molecular weight is 467 g/mol. The van der Waals surface area contributed by atoms with E-state index in [4.69, 9.17) is 19.9 Å². The van der Waals surface area contributed by atoms with Gasteiger partial charge in [-0.05, 0) is 30.5 Å². The smallest absolute Gasteiger partial charge is 0.490 e. The van der Waals surface area contributed by atoms with Crippen molar-refractivity contribution in [3.63, 3.8) is 0 Å². The average Bonchev–Trinajstić information content (AvgIpc) is 2.74. The molecule has 33 heavy (non-hydrogen) atoms. The number of aryl methyl sites for hydroxylation is 1. The fourth-order valence-corrected chi connectivity index (χ4v) is 2.33. The number of rotatable bonds is 7. The molecule has 1 aromatic carbocycles. The van der Waals surface area contributed by atoms with Crippen LogP contribution in [0, 0.1) is 24.2 Å². The predicted molar refractivity (Wildman–Crippen MR) is 112 cm³/mol. The summed E-state index contributed by atoms with van der Waals surface area (Å²) >= 11 is 0. The third-order valence-corrected chi connectivity index (χ3v) is 3.92. The van der Waals surface area contributed by atoms with Gasteiger partial charge in [0.15, 0.2) is 5.82 Å². The lowest BCUT2D eigenvalue weighted by atomic mass is 10.1. The molecule has 9 nitrogen and oxygen atoms in total. The van der Waals surface area contributed by atoms with Gasteiger partial charge < -0.3 is 9.84 Å². The molecule has 0 saturated carbocycles. The predicted octanol–water partition coefficient (Wildman–Crippen LogP) is 3.35. The van der Waals surface area contributed by atoms with E-state index in [0.29, 0.717) is 12.4 Å². The monoisotopic (exact) mass is 467 g/mol. The van der Waals surface area contributed by atoms with E-state index in [1.807, 2.05) is 51.1 Å². The van der Waals surface area contributed by atoms with Crippen LogP contribution in [0.2, 0.25) is 0 Å². The number of carbonyl (C=O) groups is 2. The molecule has 1 aromatic heterocycles. The normalized spacial score (nSPS) is 10.5. The number of nitrogens with one attached hydrogen (secondary N) is 1. The number of anilines is 1. The summed E-state index contributed by atoms with van der Waals surface area (Å²) in [6, 6.07) is 9.31. The number of nitrogens with zero attached hydrogens (tertiary/aromatic N) is 4. The van der Waals surface area contributed by atoms with Crippen molar-refractivity contribution in [2.75, 3.05) is 19.1 Å². The summed E-state index contributed by atoms with van der Waals surface area (Å²) in [5.74, 6) is -1.31. The number of nitriles is 1. The molecule has 12 heteroatoms. The van der Waals surface area contributed by atoms with Crippen LogP contribution in [0.1, 0.15) is 30.8 Å². The lowest BCUT2D eigenvalue weighted by Gasteiger charge is -2.26. The van der Waals surface area contributed by atoms with E-state index in [9.17, 15) is 18.0 Å². The molecule has 0 aliphatic rings. The summed E-state index contributed by atoms with van der Waals surface area (Å²) in [7, 11) is 1.61. The van der Waals surface area contributed by atoms with Crippen LogP contribution >= 0.6 is 0 Å². The minimum Gasteiger partial charge on any atom is -0.497 e. The maximum absolute atomic E-state index is 12.8. The van der Waals surface area contributed by atoms with Crippen LogP contribution in [-0.2, 0) is 16.0 Å². The van der Waals surface area contributed by atoms with Gasteiger partial charge in [-0.25, -0.2) is 9.78 Å². The Morgan fingerprint density at radius 2 is 1.85 bits per heavy atom. The Morgan fingerprint density at radius 3 is 2.30 bits per heavy atom. The molecule has 2 N–H and O–H groups in total. The van der Waals surface area contributed by atoms with Gasteiger partial charge >= 0.3 is 12.1 Å². The molecule has 1 heterocycles. The van der Waals surface area contributed by atoms with E-state index >= 15 is 0 Å². The topological polar surface area (TPSA) is 128 Å². The number of halogens is 3. The summed E-state index contributed by atoms with van der Waals surface area (Å²) in [4.78, 5) is 29.8. The fraction of sp³-hybridized carbons (Fsp3) is 0.381. The molecule has 0 aliphatic heterocycles. The van der Waals surface area contributed by atoms with Gasteiger partial charge in [0.05, 0.1) is 13.5 Å². The summed E-state index contributed by atoms with van der Waals surface area (Å²) in [5.41, 5.74) is 4.70. The van der Waals surface area contributed by atoms with Gasteiger partial charge in [-0.1, -0.05) is 26.0 Å². The number of amides is 1. The zero-order valence-corrected chi connectivity index (χ0v) is 18.5. The van der Waals surface area contributed by atoms with Crippen LogP contribution in [0.15, 0.2) is 30.5 Å². The van der Waals surface area contributed by atoms with E-state index in [1.165, 1.54) is 0 Å². The molecule has 2 rings (SSSR count). The number of alkyl halides is 3. The standard InChI is InChI=1S/C19H23N5O2.C2HF3O2/c1-13(2)12-24(23-19-14(3)11-21-17(10-20)22-19)18(25)9-15-5-7-16(26-4)8-6-15;3-2(4,5)1(6)7/h5-8,11,13H,9,12H2,1-4H3,(H,21,22,23);(H,6,7). The van der Waals surface area contributed by atoms with Gasteiger partial charge in [-0.2, -0.15) is 23.4 Å². The number of hydrogen-bond acceptors (Lipinski definition) is 7. The first-order valence-corrected chi connectivity index (χ1v) is 9.61. The molecule has 2 aromatic rings. The van der Waals surface area contributed by atoms with Gasteiger partial charge in [-0.3, -0.25) is 15.2 Å². The number of benzene rings is 1. The van der Waals surface area contributed by atoms with Gasteiger partial charge in [0, 0.05) is 18.3 Å². The molecule has 0 saturated heterocycles. The summed E-state index contributed by atoms with van der Waals surface area (Å²) < 4.78 is 36.9. The van der Waals surface area contributed by atoms with Crippen LogP contribution in [0.5, 0.6) is 5.75 Å². The van der Waals surface area contributed by atoms with Gasteiger partial charge in [0.1, 0.15) is 11.8 Å². The summed E-state index contributed by atoms with van der Waals surface area (Å²) in [6.45, 7) is 6.40. The van der Waals surface area contributed by atoms with E-state index < -0.39 is 12.1 Å². The third kappa shape index (κ3) is 9.42. The Hall–Kier alpha value is -3.88. The van der Waals surface area contributed by atoms with Crippen LogP contribution in [0.25, 0.3) is 0 Å². The number of aliphatic carboxylic acids is 1. The van der Waals surface area contributed by atoms with Crippen molar-refractivity contribution < 1.29 is 32.6 Å². The third-order valence-electron chi connectivity index (χ3n) is 3.92. The number of aromatic nitrogens is 2. The number of hydrogen-bond donors (Lipinski definition) is 2. The zero-order valence-electron chi connectivity index (χ0n) is 18.5. The van der Waals surface area contributed by atoms with Gasteiger partial charge in [0.25, 0.3) is 0 Å². The van der Waals surface area contributed by atoms with Crippen molar-refractivity contribution >= 4 is 17.7 Å². The SMILES string of the molecule is COc1ccc(CC(=O)N(CC(C)C)Nc2nc(C#N)ncc2C)cc1.O=C(O)C(F)(F)F. The highest BCUT2D eigenvalue weighted by Crippen LogP contribution is 2.16. The first kappa shape index (κ1) is 27.2. The van der Waals surface area contributed by atoms with E-state index in [1.54, 1.807) is 18.3 Å². The van der Waals surface area contributed by atoms with Crippen molar-refractivity contribution in [2.45, 2.75) is 33.4 Å². The fourth-order valence-electron chi connectivity index (χ4n) is 2.33. The molecule has 0 spiro atoms. The molecule has 0 aliphatic carbocycles. The lowest BCUT2D eigenvalue weighted by Crippen LogP contribution is -2.40. The minimum absolute atomic E-state index is 0.0604. The maximum atomic E-state index is 12.8. The maximum Gasteiger partial charge on any atom is 0.490 e. The van der Waals surface area contributed by atoms with Crippen molar-refractivity contribution in [3.8, 4) is 11.8 Å². The number of carbonyl (C=O) groups excluding carboxylic acids is 1. The molecule has 0 unspecified atom stereocenters. The summed E-state index contributed by atoms with van der Waals surface area (Å²) in [5, 5.41) is 17.7. The first-order chi connectivity index (χ1) is 15.4. The van der Waals surface area contributed by atoms with Crippen molar-refractivity contribution in [2.24, 2.45) is 5.92 Å². The first-order valence-electron chi connectivity index (χ1n) is 9.61. The Balaban J connectivity index is 0.000000675. The van der Waals surface area contributed by atoms with Crippen molar-refractivity contribution in [3.05, 3.63) is 47.4 Å². The van der Waals surface area contributed by atoms with E-state index in [2.05, 4.69) is 15.4 Å². The quantitative estimate of drug-likeness (QED) is 0.594. The zero-order chi connectivity index (χ0) is 25.2. The second kappa shape index (κ2) is 12.2. The Labute approximate surface area is 188 Å². The van der Waals surface area contributed by atoms with E-state index in [0.717, 1.165) is 16.9 Å². The number of hydrazine groups is 1. The molecular weight excluding hydrogens is 443 g/mol. The minimum atomic E-state index is -5.08. The van der Waals surface area contributed by atoms with Crippen molar-refractivity contribution in [1.82, 2.24) is 15.0 Å². The number of ether oxygens (including phenoxy) is 1. The Morgan fingerprint density at radius 1 is 1.27 bits per heavy atom. The van der Waals surface area contributed by atoms with Crippen LogP contribution < -0.4 is 10.2 Å². The highest BCUT2D eigenvalue weighted by atomic mass is 19.4.